The van der Waals surface area contributed by atoms with Crippen LogP contribution in [-0.2, 0) is 24.2 Å². The van der Waals surface area contributed by atoms with Gasteiger partial charge in [0.15, 0.2) is 0 Å². The lowest BCUT2D eigenvalue weighted by Crippen LogP contribution is -2.44. The predicted octanol–water partition coefficient (Wildman–Crippen LogP) is 2.50. The topological polar surface area (TPSA) is 40.5 Å². The van der Waals surface area contributed by atoms with Crippen molar-refractivity contribution < 1.29 is 23.1 Å². The molecule has 1 unspecified atom stereocenters. The van der Waals surface area contributed by atoms with E-state index in [1.165, 1.54) is 0 Å². The molecular weight excluding hydrogens is 283 g/mol. The van der Waals surface area contributed by atoms with Gasteiger partial charge in [0.05, 0.1) is 6.10 Å². The van der Waals surface area contributed by atoms with E-state index in [0.717, 1.165) is 46.4 Å². The average Bonchev–Trinajstić information content (AvgIpc) is 2.45. The third-order valence-electron chi connectivity index (χ3n) is 4.35. The summed E-state index contributed by atoms with van der Waals surface area (Å²) in [6.07, 6.45) is -2.41. The molecule has 0 saturated carbocycles. The molecule has 0 bridgehead atoms. The Morgan fingerprint density at radius 1 is 1.24 bits per heavy atom. The van der Waals surface area contributed by atoms with Crippen molar-refractivity contribution >= 4 is 5.91 Å². The van der Waals surface area contributed by atoms with Gasteiger partial charge >= 0.3 is 12.1 Å². The van der Waals surface area contributed by atoms with Gasteiger partial charge in [-0.3, -0.25) is 4.79 Å². The first-order valence-electron chi connectivity index (χ1n) is 7.05. The van der Waals surface area contributed by atoms with Gasteiger partial charge in [0.1, 0.15) is 0 Å². The molecule has 3 rings (SSSR count). The Hall–Kier alpha value is -1.56. The lowest BCUT2D eigenvalue weighted by molar-refractivity contribution is -0.186. The van der Waals surface area contributed by atoms with Crippen molar-refractivity contribution in [2.75, 3.05) is 6.54 Å². The number of hydrogen-bond donors (Lipinski definition) is 1. The Kier molecular flexibility index (Phi) is 3.43. The van der Waals surface area contributed by atoms with Crippen molar-refractivity contribution in [1.29, 1.82) is 0 Å². The molecule has 1 N–H and O–H groups in total. The van der Waals surface area contributed by atoms with E-state index in [-0.39, 0.29) is 13.1 Å². The van der Waals surface area contributed by atoms with Crippen molar-refractivity contribution in [1.82, 2.24) is 4.90 Å². The molecule has 1 aromatic carbocycles. The van der Waals surface area contributed by atoms with Crippen LogP contribution in [0.4, 0.5) is 13.2 Å². The highest BCUT2D eigenvalue weighted by atomic mass is 19.4. The van der Waals surface area contributed by atoms with Gasteiger partial charge in [-0.15, -0.1) is 0 Å². The van der Waals surface area contributed by atoms with Gasteiger partial charge in [-0.25, -0.2) is 0 Å². The molecule has 0 saturated heterocycles. The Labute approximate surface area is 120 Å². The number of nitrogens with zero attached hydrogens (tertiary/aromatic N) is 1. The van der Waals surface area contributed by atoms with Crippen LogP contribution >= 0.6 is 0 Å². The quantitative estimate of drug-likeness (QED) is 0.799. The molecule has 1 amide bonds. The van der Waals surface area contributed by atoms with Crippen LogP contribution in [-0.4, -0.2) is 28.6 Å². The minimum Gasteiger partial charge on any atom is -0.388 e. The molecule has 0 spiro atoms. The molecule has 1 atom stereocenters. The van der Waals surface area contributed by atoms with Crippen LogP contribution in [0.15, 0.2) is 12.1 Å². The Morgan fingerprint density at radius 3 is 2.71 bits per heavy atom. The lowest BCUT2D eigenvalue weighted by atomic mass is 9.82. The van der Waals surface area contributed by atoms with E-state index in [9.17, 15) is 23.1 Å². The van der Waals surface area contributed by atoms with E-state index in [1.807, 2.05) is 0 Å². The summed E-state index contributed by atoms with van der Waals surface area (Å²) in [7, 11) is 0. The third-order valence-corrected chi connectivity index (χ3v) is 4.35. The number of rotatable bonds is 0. The van der Waals surface area contributed by atoms with Gasteiger partial charge in [0, 0.05) is 13.1 Å². The highest BCUT2D eigenvalue weighted by Crippen LogP contribution is 2.35. The van der Waals surface area contributed by atoms with Crippen LogP contribution in [0.25, 0.3) is 0 Å². The second kappa shape index (κ2) is 5.02. The van der Waals surface area contributed by atoms with Crippen LogP contribution in [0.2, 0.25) is 0 Å². The molecule has 0 fully saturated rings. The SMILES string of the molecule is O=C(N1CCc2c(ccc3c2CCCC3O)C1)C(F)(F)F. The number of amides is 1. The summed E-state index contributed by atoms with van der Waals surface area (Å²) < 4.78 is 37.5. The molecule has 0 aromatic heterocycles. The number of benzene rings is 1. The summed E-state index contributed by atoms with van der Waals surface area (Å²) in [6, 6.07) is 3.54. The van der Waals surface area contributed by atoms with Crippen molar-refractivity contribution in [3.63, 3.8) is 0 Å². The number of carbonyl (C=O) groups excluding carboxylic acids is 1. The first-order chi connectivity index (χ1) is 9.88. The van der Waals surface area contributed by atoms with Gasteiger partial charge in [-0.05, 0) is 47.9 Å². The largest absolute Gasteiger partial charge is 0.471 e. The summed E-state index contributed by atoms with van der Waals surface area (Å²) in [5.74, 6) is -1.77. The fraction of sp³-hybridized carbons (Fsp3) is 0.533. The number of aliphatic hydroxyl groups excluding tert-OH is 1. The molecule has 21 heavy (non-hydrogen) atoms. The number of hydrogen-bond acceptors (Lipinski definition) is 2. The number of alkyl halides is 3. The minimum atomic E-state index is -4.82. The van der Waals surface area contributed by atoms with E-state index in [2.05, 4.69) is 0 Å². The maximum absolute atomic E-state index is 12.5. The summed E-state index contributed by atoms with van der Waals surface area (Å²) in [5, 5.41) is 10.00. The monoisotopic (exact) mass is 299 g/mol. The van der Waals surface area contributed by atoms with Crippen LogP contribution in [0.3, 0.4) is 0 Å². The Balaban J connectivity index is 1.90. The minimum absolute atomic E-state index is 0.00292. The summed E-state index contributed by atoms with van der Waals surface area (Å²) in [6.45, 7) is 0.0783. The number of halogens is 3. The number of carbonyl (C=O) groups is 1. The molecule has 1 heterocycles. The van der Waals surface area contributed by atoms with Crippen LogP contribution in [0.5, 0.6) is 0 Å². The summed E-state index contributed by atoms with van der Waals surface area (Å²) in [4.78, 5) is 12.2. The molecule has 3 nitrogen and oxygen atoms in total. The summed E-state index contributed by atoms with van der Waals surface area (Å²) in [5.41, 5.74) is 3.77. The van der Waals surface area contributed by atoms with E-state index >= 15 is 0 Å². The third kappa shape index (κ3) is 2.52. The number of aliphatic hydroxyl groups is 1. The first-order valence-corrected chi connectivity index (χ1v) is 7.05. The number of fused-ring (bicyclic) bond motifs is 3. The van der Waals surface area contributed by atoms with Crippen LogP contribution in [0.1, 0.15) is 41.2 Å². The molecule has 1 aromatic rings. The van der Waals surface area contributed by atoms with Crippen molar-refractivity contribution in [2.24, 2.45) is 0 Å². The Bertz CT molecular complexity index is 583. The molecule has 2 aliphatic rings. The molecule has 114 valence electrons. The zero-order valence-electron chi connectivity index (χ0n) is 11.4. The van der Waals surface area contributed by atoms with Crippen LogP contribution < -0.4 is 0 Å². The zero-order valence-corrected chi connectivity index (χ0v) is 11.4. The van der Waals surface area contributed by atoms with E-state index in [0.29, 0.717) is 6.42 Å². The normalized spacial score (nSPS) is 21.7. The maximum Gasteiger partial charge on any atom is 0.471 e. The zero-order chi connectivity index (χ0) is 15.2. The average molecular weight is 299 g/mol. The van der Waals surface area contributed by atoms with Crippen molar-refractivity contribution in [2.45, 2.75) is 44.5 Å². The van der Waals surface area contributed by atoms with Crippen LogP contribution in [0, 0.1) is 0 Å². The predicted molar refractivity (Wildman–Crippen MR) is 69.5 cm³/mol. The van der Waals surface area contributed by atoms with Crippen molar-refractivity contribution in [3.05, 3.63) is 34.4 Å². The highest BCUT2D eigenvalue weighted by molar-refractivity contribution is 5.82. The van der Waals surface area contributed by atoms with E-state index < -0.39 is 18.2 Å². The fourth-order valence-corrected chi connectivity index (χ4v) is 3.34. The van der Waals surface area contributed by atoms with E-state index in [1.54, 1.807) is 12.1 Å². The molecule has 6 heteroatoms. The smallest absolute Gasteiger partial charge is 0.388 e. The van der Waals surface area contributed by atoms with Crippen molar-refractivity contribution in [3.8, 4) is 0 Å². The second-order valence-electron chi connectivity index (χ2n) is 5.65. The van der Waals surface area contributed by atoms with Gasteiger partial charge in [-0.2, -0.15) is 13.2 Å². The van der Waals surface area contributed by atoms with E-state index in [4.69, 9.17) is 0 Å². The molecule has 1 aliphatic carbocycles. The van der Waals surface area contributed by atoms with Gasteiger partial charge in [0.2, 0.25) is 0 Å². The Morgan fingerprint density at radius 2 is 2.00 bits per heavy atom. The molecule has 0 radical (unpaired) electrons. The second-order valence-corrected chi connectivity index (χ2v) is 5.65. The maximum atomic E-state index is 12.5. The standard InChI is InChI=1S/C15H16F3NO2/c16-15(17,18)14(21)19-7-6-10-9(8-19)4-5-12-11(10)2-1-3-13(12)20/h4-5,13,20H,1-3,6-8H2. The molecular formula is C15H16F3NO2. The van der Waals surface area contributed by atoms with Gasteiger partial charge in [-0.1, -0.05) is 12.1 Å². The van der Waals surface area contributed by atoms with Gasteiger partial charge < -0.3 is 10.0 Å². The molecule has 1 aliphatic heterocycles. The fourth-order valence-electron chi connectivity index (χ4n) is 3.34. The van der Waals surface area contributed by atoms with Gasteiger partial charge in [0.25, 0.3) is 0 Å². The first kappa shape index (κ1) is 14.4. The highest BCUT2D eigenvalue weighted by Gasteiger charge is 2.43. The lowest BCUT2D eigenvalue weighted by Gasteiger charge is -2.33. The summed E-state index contributed by atoms with van der Waals surface area (Å²) >= 11 is 0.